The molecule has 7 heteroatoms. The Kier molecular flexibility index (Phi) is 4.09. The molecular weight excluding hydrogens is 246 g/mol. The molecule has 0 saturated carbocycles. The van der Waals surface area contributed by atoms with Gasteiger partial charge in [0.15, 0.2) is 12.6 Å². The van der Waals surface area contributed by atoms with Gasteiger partial charge in [-0.3, -0.25) is 0 Å². The third kappa shape index (κ3) is 3.29. The van der Waals surface area contributed by atoms with Gasteiger partial charge in [-0.25, -0.2) is 0 Å². The largest absolute Gasteiger partial charge is 0.467 e. The van der Waals surface area contributed by atoms with E-state index >= 15 is 0 Å². The first kappa shape index (κ1) is 13.0. The molecule has 1 heterocycles. The van der Waals surface area contributed by atoms with Crippen molar-refractivity contribution < 1.29 is 9.47 Å². The van der Waals surface area contributed by atoms with Gasteiger partial charge < -0.3 is 20.9 Å². The first-order valence-corrected chi connectivity index (χ1v) is 5.77. The van der Waals surface area contributed by atoms with Crippen LogP contribution >= 0.6 is 0 Å². The standard InChI is InChI=1S/C12H15N5O2/c1-2-18-7-19-9-6-4-3-5-8(9)10-15-11(13)17-12(14)16-10/h3-6H,2,7H2,1H3,(H4,13,14,15,16,17). The summed E-state index contributed by atoms with van der Waals surface area (Å²) in [7, 11) is 0. The maximum Gasteiger partial charge on any atom is 0.225 e. The molecule has 0 radical (unpaired) electrons. The first-order chi connectivity index (χ1) is 9.20. The molecule has 100 valence electrons. The molecule has 0 spiro atoms. The lowest BCUT2D eigenvalue weighted by atomic mass is 10.2. The Bertz CT molecular complexity index is 541. The zero-order valence-electron chi connectivity index (χ0n) is 10.5. The lowest BCUT2D eigenvalue weighted by Gasteiger charge is -2.10. The number of ether oxygens (including phenoxy) is 2. The first-order valence-electron chi connectivity index (χ1n) is 5.77. The van der Waals surface area contributed by atoms with Gasteiger partial charge in [-0.1, -0.05) is 12.1 Å². The summed E-state index contributed by atoms with van der Waals surface area (Å²) < 4.78 is 10.7. The molecule has 19 heavy (non-hydrogen) atoms. The third-order valence-corrected chi connectivity index (χ3v) is 2.30. The van der Waals surface area contributed by atoms with Gasteiger partial charge in [0.1, 0.15) is 5.75 Å². The van der Waals surface area contributed by atoms with Crippen LogP contribution in [0.2, 0.25) is 0 Å². The minimum absolute atomic E-state index is 0.0714. The van der Waals surface area contributed by atoms with E-state index in [1.54, 1.807) is 6.07 Å². The highest BCUT2D eigenvalue weighted by Gasteiger charge is 2.10. The highest BCUT2D eigenvalue weighted by Crippen LogP contribution is 2.27. The van der Waals surface area contributed by atoms with Gasteiger partial charge >= 0.3 is 0 Å². The number of aromatic nitrogens is 3. The Morgan fingerprint density at radius 1 is 1.05 bits per heavy atom. The van der Waals surface area contributed by atoms with Crippen molar-refractivity contribution in [1.82, 2.24) is 15.0 Å². The smallest absolute Gasteiger partial charge is 0.225 e. The van der Waals surface area contributed by atoms with Crippen LogP contribution in [0.4, 0.5) is 11.9 Å². The van der Waals surface area contributed by atoms with Crippen LogP contribution in [-0.2, 0) is 4.74 Å². The fourth-order valence-electron chi connectivity index (χ4n) is 1.50. The van der Waals surface area contributed by atoms with E-state index in [9.17, 15) is 0 Å². The van der Waals surface area contributed by atoms with Crippen LogP contribution in [0.3, 0.4) is 0 Å². The van der Waals surface area contributed by atoms with Crippen molar-refractivity contribution in [3.05, 3.63) is 24.3 Å². The summed E-state index contributed by atoms with van der Waals surface area (Å²) in [5, 5.41) is 0. The number of hydrogen-bond donors (Lipinski definition) is 2. The molecule has 1 aromatic carbocycles. The fraction of sp³-hybridized carbons (Fsp3) is 0.250. The summed E-state index contributed by atoms with van der Waals surface area (Å²) in [6.07, 6.45) is 0. The summed E-state index contributed by atoms with van der Waals surface area (Å²) in [6.45, 7) is 2.63. The number of rotatable bonds is 5. The van der Waals surface area contributed by atoms with Crippen LogP contribution < -0.4 is 16.2 Å². The lowest BCUT2D eigenvalue weighted by Crippen LogP contribution is -2.06. The van der Waals surface area contributed by atoms with Crippen molar-refractivity contribution in [3.63, 3.8) is 0 Å². The van der Waals surface area contributed by atoms with E-state index in [1.807, 2.05) is 25.1 Å². The molecule has 0 atom stereocenters. The van der Waals surface area contributed by atoms with E-state index in [-0.39, 0.29) is 18.7 Å². The molecule has 1 aromatic heterocycles. The van der Waals surface area contributed by atoms with Gasteiger partial charge in [0.2, 0.25) is 11.9 Å². The predicted molar refractivity (Wildman–Crippen MR) is 71.2 cm³/mol. The number of anilines is 2. The van der Waals surface area contributed by atoms with Crippen molar-refractivity contribution in [3.8, 4) is 17.1 Å². The third-order valence-electron chi connectivity index (χ3n) is 2.30. The van der Waals surface area contributed by atoms with Crippen molar-refractivity contribution in [2.75, 3.05) is 24.9 Å². The predicted octanol–water partition coefficient (Wildman–Crippen LogP) is 1.08. The second kappa shape index (κ2) is 5.96. The monoisotopic (exact) mass is 261 g/mol. The highest BCUT2D eigenvalue weighted by atomic mass is 16.7. The van der Waals surface area contributed by atoms with Gasteiger partial charge in [0.05, 0.1) is 5.56 Å². The van der Waals surface area contributed by atoms with E-state index in [4.69, 9.17) is 20.9 Å². The van der Waals surface area contributed by atoms with Crippen molar-refractivity contribution >= 4 is 11.9 Å². The molecule has 0 aliphatic rings. The number of nitrogens with two attached hydrogens (primary N) is 2. The van der Waals surface area contributed by atoms with E-state index in [1.165, 1.54) is 0 Å². The molecule has 2 aromatic rings. The summed E-state index contributed by atoms with van der Waals surface area (Å²) in [5.74, 6) is 1.11. The molecule has 0 aliphatic carbocycles. The summed E-state index contributed by atoms with van der Waals surface area (Å²) >= 11 is 0. The van der Waals surface area contributed by atoms with Crippen LogP contribution in [0.15, 0.2) is 24.3 Å². The SMILES string of the molecule is CCOCOc1ccccc1-c1nc(N)nc(N)n1. The van der Waals surface area contributed by atoms with Crippen molar-refractivity contribution in [2.24, 2.45) is 0 Å². The van der Waals surface area contributed by atoms with Crippen LogP contribution in [0.1, 0.15) is 6.92 Å². The number of hydrogen-bond acceptors (Lipinski definition) is 7. The van der Waals surface area contributed by atoms with Crippen LogP contribution in [0, 0.1) is 0 Å². The maximum absolute atomic E-state index is 5.56. The molecule has 4 N–H and O–H groups in total. The molecule has 0 fully saturated rings. The number of para-hydroxylation sites is 1. The Hall–Kier alpha value is -2.41. The Labute approximate surface area is 110 Å². The minimum Gasteiger partial charge on any atom is -0.467 e. The normalized spacial score (nSPS) is 10.4. The molecule has 0 saturated heterocycles. The van der Waals surface area contributed by atoms with E-state index in [0.717, 1.165) is 0 Å². The van der Waals surface area contributed by atoms with Gasteiger partial charge in [0.25, 0.3) is 0 Å². The number of nitrogens with zero attached hydrogens (tertiary/aromatic N) is 3. The summed E-state index contributed by atoms with van der Waals surface area (Å²) in [6, 6.07) is 7.30. The van der Waals surface area contributed by atoms with Gasteiger partial charge in [-0.2, -0.15) is 15.0 Å². The van der Waals surface area contributed by atoms with Crippen molar-refractivity contribution in [1.29, 1.82) is 0 Å². The van der Waals surface area contributed by atoms with E-state index < -0.39 is 0 Å². The van der Waals surface area contributed by atoms with Crippen LogP contribution in [-0.4, -0.2) is 28.4 Å². The highest BCUT2D eigenvalue weighted by molar-refractivity contribution is 5.65. The molecular formula is C12H15N5O2. The second-order valence-electron chi connectivity index (χ2n) is 3.63. The quantitative estimate of drug-likeness (QED) is 0.612. The molecule has 2 rings (SSSR count). The van der Waals surface area contributed by atoms with E-state index in [0.29, 0.717) is 23.7 Å². The van der Waals surface area contributed by atoms with Gasteiger partial charge in [-0.05, 0) is 19.1 Å². The average molecular weight is 261 g/mol. The second-order valence-corrected chi connectivity index (χ2v) is 3.63. The van der Waals surface area contributed by atoms with Gasteiger partial charge in [0, 0.05) is 6.61 Å². The Morgan fingerprint density at radius 2 is 1.74 bits per heavy atom. The number of benzene rings is 1. The topological polar surface area (TPSA) is 109 Å². The molecule has 0 unspecified atom stereocenters. The Balaban J connectivity index is 2.32. The van der Waals surface area contributed by atoms with E-state index in [2.05, 4.69) is 15.0 Å². The lowest BCUT2D eigenvalue weighted by molar-refractivity contribution is 0.0227. The minimum atomic E-state index is 0.0714. The number of nitrogen functional groups attached to an aromatic ring is 2. The zero-order valence-corrected chi connectivity index (χ0v) is 10.5. The molecule has 0 aliphatic heterocycles. The van der Waals surface area contributed by atoms with Crippen molar-refractivity contribution in [2.45, 2.75) is 6.92 Å². The molecule has 0 amide bonds. The van der Waals surface area contributed by atoms with Gasteiger partial charge in [-0.15, -0.1) is 0 Å². The van der Waals surface area contributed by atoms with Crippen LogP contribution in [0.25, 0.3) is 11.4 Å². The summed E-state index contributed by atoms with van der Waals surface area (Å²) in [5.41, 5.74) is 11.8. The molecule has 7 nitrogen and oxygen atoms in total. The fourth-order valence-corrected chi connectivity index (χ4v) is 1.50. The Morgan fingerprint density at radius 3 is 2.42 bits per heavy atom. The zero-order chi connectivity index (χ0) is 13.7. The average Bonchev–Trinajstić information content (AvgIpc) is 2.38. The molecule has 0 bridgehead atoms. The van der Waals surface area contributed by atoms with Crippen LogP contribution in [0.5, 0.6) is 5.75 Å². The maximum atomic E-state index is 5.56. The summed E-state index contributed by atoms with van der Waals surface area (Å²) in [4.78, 5) is 11.8.